The summed E-state index contributed by atoms with van der Waals surface area (Å²) in [6.07, 6.45) is 6.12. The molecule has 3 nitrogen and oxygen atoms in total. The molecular weight excluding hydrogens is 282 g/mol. The number of nitrogens with one attached hydrogen (secondary N) is 2. The minimum absolute atomic E-state index is 0.406. The molecule has 1 unspecified atom stereocenters. The lowest BCUT2D eigenvalue weighted by molar-refractivity contribution is 0.620. The van der Waals surface area contributed by atoms with E-state index in [0.29, 0.717) is 11.8 Å². The third kappa shape index (κ3) is 4.41. The van der Waals surface area contributed by atoms with Crippen LogP contribution in [0.4, 0.5) is 5.82 Å². The summed E-state index contributed by atoms with van der Waals surface area (Å²) in [4.78, 5) is 4.48. The molecule has 1 aromatic carbocycles. The van der Waals surface area contributed by atoms with E-state index >= 15 is 0 Å². The fraction of sp³-hybridized carbons (Fsp3) is 0.400. The molecule has 2 aromatic rings. The van der Waals surface area contributed by atoms with Crippen molar-refractivity contribution in [1.82, 2.24) is 4.98 Å². The van der Waals surface area contributed by atoms with Crippen molar-refractivity contribution in [3.05, 3.63) is 59.3 Å². The number of benzene rings is 1. The van der Waals surface area contributed by atoms with Crippen LogP contribution in [0.25, 0.3) is 0 Å². The molecule has 0 saturated carbocycles. The van der Waals surface area contributed by atoms with Gasteiger partial charge in [0.15, 0.2) is 0 Å². The van der Waals surface area contributed by atoms with Crippen molar-refractivity contribution in [3.8, 4) is 0 Å². The van der Waals surface area contributed by atoms with E-state index < -0.39 is 0 Å². The van der Waals surface area contributed by atoms with E-state index in [0.717, 1.165) is 42.6 Å². The van der Waals surface area contributed by atoms with Crippen LogP contribution in [0.15, 0.2) is 42.6 Å². The molecular formula is C20H27N3. The third-order valence-corrected chi connectivity index (χ3v) is 4.20. The maximum absolute atomic E-state index is 8.56. The molecule has 1 heterocycles. The highest BCUT2D eigenvalue weighted by Gasteiger charge is 2.13. The maximum Gasteiger partial charge on any atom is 0.135 e. The van der Waals surface area contributed by atoms with E-state index in [2.05, 4.69) is 43.2 Å². The van der Waals surface area contributed by atoms with Gasteiger partial charge < -0.3 is 5.32 Å². The van der Waals surface area contributed by atoms with Crippen molar-refractivity contribution < 1.29 is 0 Å². The predicted molar refractivity (Wildman–Crippen MR) is 98.6 cm³/mol. The van der Waals surface area contributed by atoms with Crippen LogP contribution in [0, 0.1) is 5.41 Å². The number of aromatic nitrogens is 1. The van der Waals surface area contributed by atoms with Gasteiger partial charge >= 0.3 is 0 Å². The summed E-state index contributed by atoms with van der Waals surface area (Å²) in [5.41, 5.74) is 3.61. The molecule has 0 radical (unpaired) electrons. The van der Waals surface area contributed by atoms with E-state index in [1.165, 1.54) is 5.56 Å². The summed E-state index contributed by atoms with van der Waals surface area (Å²) in [5.74, 6) is 0.817. The minimum Gasteiger partial charge on any atom is -0.367 e. The Morgan fingerprint density at radius 1 is 1.13 bits per heavy atom. The van der Waals surface area contributed by atoms with Crippen molar-refractivity contribution in [3.63, 3.8) is 0 Å². The molecule has 2 N–H and O–H groups in total. The number of hydrogen-bond donors (Lipinski definition) is 2. The topological polar surface area (TPSA) is 48.8 Å². The summed E-state index contributed by atoms with van der Waals surface area (Å²) in [6, 6.07) is 12.5. The molecule has 0 aliphatic carbocycles. The number of aryl methyl sites for hydroxylation is 1. The van der Waals surface area contributed by atoms with Crippen LogP contribution >= 0.6 is 0 Å². The molecule has 122 valence electrons. The second-order valence-corrected chi connectivity index (χ2v) is 5.86. The number of hydrogen-bond acceptors (Lipinski definition) is 3. The maximum atomic E-state index is 8.56. The second-order valence-electron chi connectivity index (χ2n) is 5.86. The number of pyridine rings is 1. The summed E-state index contributed by atoms with van der Waals surface area (Å²) >= 11 is 0. The highest BCUT2D eigenvalue weighted by atomic mass is 15.0. The van der Waals surface area contributed by atoms with E-state index in [-0.39, 0.29) is 0 Å². The standard InChI is InChI=1S/C20H27N3/c1-4-8-17(6-3)23-20-18(9-7-14-22-20)19(21)16-12-10-15(5-2)11-13-16/h7,9-14,17,21H,4-6,8H2,1-3H3,(H,22,23). The van der Waals surface area contributed by atoms with Gasteiger partial charge in [-0.2, -0.15) is 0 Å². The Bertz CT molecular complexity index is 632. The zero-order valence-electron chi connectivity index (χ0n) is 14.4. The van der Waals surface area contributed by atoms with Gasteiger partial charge in [-0.1, -0.05) is 51.5 Å². The van der Waals surface area contributed by atoms with Gasteiger partial charge in [0.25, 0.3) is 0 Å². The molecule has 2 rings (SSSR count). The van der Waals surface area contributed by atoms with Crippen molar-refractivity contribution in [2.45, 2.75) is 52.5 Å². The second kappa shape index (κ2) is 8.47. The first-order valence-corrected chi connectivity index (χ1v) is 8.59. The average Bonchev–Trinajstić information content (AvgIpc) is 2.61. The van der Waals surface area contributed by atoms with Gasteiger partial charge in [0.1, 0.15) is 5.82 Å². The SMILES string of the molecule is CCCC(CC)Nc1ncccc1C(=N)c1ccc(CC)cc1. The zero-order chi connectivity index (χ0) is 16.7. The van der Waals surface area contributed by atoms with Gasteiger partial charge in [-0.05, 0) is 37.0 Å². The van der Waals surface area contributed by atoms with Crippen LogP contribution in [-0.2, 0) is 6.42 Å². The van der Waals surface area contributed by atoms with Crippen molar-refractivity contribution in [2.24, 2.45) is 0 Å². The molecule has 0 amide bonds. The first-order chi connectivity index (χ1) is 11.2. The summed E-state index contributed by atoms with van der Waals surface area (Å²) in [5, 5.41) is 12.1. The van der Waals surface area contributed by atoms with Gasteiger partial charge in [0.2, 0.25) is 0 Å². The molecule has 23 heavy (non-hydrogen) atoms. The smallest absolute Gasteiger partial charge is 0.135 e. The monoisotopic (exact) mass is 309 g/mol. The van der Waals surface area contributed by atoms with Crippen molar-refractivity contribution >= 4 is 11.5 Å². The Morgan fingerprint density at radius 3 is 2.48 bits per heavy atom. The third-order valence-electron chi connectivity index (χ3n) is 4.20. The molecule has 0 saturated heterocycles. The molecule has 0 spiro atoms. The van der Waals surface area contributed by atoms with Crippen LogP contribution in [0.5, 0.6) is 0 Å². The lowest BCUT2D eigenvalue weighted by Gasteiger charge is -2.19. The lowest BCUT2D eigenvalue weighted by atomic mass is 10.0. The van der Waals surface area contributed by atoms with Crippen LogP contribution in [-0.4, -0.2) is 16.7 Å². The fourth-order valence-corrected chi connectivity index (χ4v) is 2.70. The highest BCUT2D eigenvalue weighted by molar-refractivity contribution is 6.13. The van der Waals surface area contributed by atoms with Crippen LogP contribution in [0.1, 0.15) is 56.7 Å². The quantitative estimate of drug-likeness (QED) is 0.670. The Kier molecular flexibility index (Phi) is 6.33. The summed E-state index contributed by atoms with van der Waals surface area (Å²) in [7, 11) is 0. The molecule has 0 bridgehead atoms. The summed E-state index contributed by atoms with van der Waals surface area (Å²) in [6.45, 7) is 6.52. The van der Waals surface area contributed by atoms with Crippen molar-refractivity contribution in [2.75, 3.05) is 5.32 Å². The van der Waals surface area contributed by atoms with Gasteiger partial charge in [0.05, 0.1) is 5.71 Å². The van der Waals surface area contributed by atoms with E-state index in [1.54, 1.807) is 6.20 Å². The van der Waals surface area contributed by atoms with Crippen LogP contribution in [0.3, 0.4) is 0 Å². The number of anilines is 1. The molecule has 0 aliphatic heterocycles. The number of rotatable bonds is 8. The van der Waals surface area contributed by atoms with E-state index in [4.69, 9.17) is 5.41 Å². The van der Waals surface area contributed by atoms with Gasteiger partial charge in [-0.3, -0.25) is 5.41 Å². The molecule has 1 atom stereocenters. The van der Waals surface area contributed by atoms with E-state index in [9.17, 15) is 0 Å². The highest BCUT2D eigenvalue weighted by Crippen LogP contribution is 2.20. The number of nitrogens with zero attached hydrogens (tertiary/aromatic N) is 1. The Labute approximate surface area is 139 Å². The lowest BCUT2D eigenvalue weighted by Crippen LogP contribution is -2.21. The van der Waals surface area contributed by atoms with Gasteiger partial charge in [0, 0.05) is 23.4 Å². The summed E-state index contributed by atoms with van der Waals surface area (Å²) < 4.78 is 0. The fourth-order valence-electron chi connectivity index (χ4n) is 2.70. The van der Waals surface area contributed by atoms with Gasteiger partial charge in [-0.15, -0.1) is 0 Å². The molecule has 0 fully saturated rings. The van der Waals surface area contributed by atoms with Gasteiger partial charge in [-0.25, -0.2) is 4.98 Å². The van der Waals surface area contributed by atoms with Crippen LogP contribution < -0.4 is 5.32 Å². The zero-order valence-corrected chi connectivity index (χ0v) is 14.4. The Morgan fingerprint density at radius 2 is 1.87 bits per heavy atom. The van der Waals surface area contributed by atoms with E-state index in [1.807, 2.05) is 24.3 Å². The largest absolute Gasteiger partial charge is 0.367 e. The predicted octanol–water partition coefficient (Wildman–Crippen LogP) is 5.05. The van der Waals surface area contributed by atoms with Crippen molar-refractivity contribution in [1.29, 1.82) is 5.41 Å². The first-order valence-electron chi connectivity index (χ1n) is 8.59. The minimum atomic E-state index is 0.406. The molecule has 1 aromatic heterocycles. The molecule has 3 heteroatoms. The molecule has 0 aliphatic rings. The normalized spacial score (nSPS) is 12.0. The average molecular weight is 309 g/mol. The Hall–Kier alpha value is -2.16. The first kappa shape index (κ1) is 17.2. The Balaban J connectivity index is 2.25. The van der Waals surface area contributed by atoms with Crippen LogP contribution in [0.2, 0.25) is 0 Å².